The van der Waals surface area contributed by atoms with Gasteiger partial charge in [0.1, 0.15) is 12.6 Å². The summed E-state index contributed by atoms with van der Waals surface area (Å²) in [5.74, 6) is -1.99. The Bertz CT molecular complexity index is 315. The summed E-state index contributed by atoms with van der Waals surface area (Å²) >= 11 is 0. The van der Waals surface area contributed by atoms with E-state index in [-0.39, 0.29) is 25.7 Å². The molecule has 0 bridgehead atoms. The third-order valence-corrected chi connectivity index (χ3v) is 2.60. The number of hydrogen-bond donors (Lipinski definition) is 4. The van der Waals surface area contributed by atoms with E-state index in [1.54, 1.807) is 6.92 Å². The van der Waals surface area contributed by atoms with Crippen molar-refractivity contribution in [2.75, 3.05) is 0 Å². The second kappa shape index (κ2) is 10.0. The molecule has 0 aliphatic rings. The third kappa shape index (κ3) is 9.17. The highest BCUT2D eigenvalue weighted by Gasteiger charge is 2.16. The van der Waals surface area contributed by atoms with Gasteiger partial charge in [0.25, 0.3) is 0 Å². The predicted molar refractivity (Wildman–Crippen MR) is 69.2 cm³/mol. The Morgan fingerprint density at radius 1 is 0.950 bits per heavy atom. The number of carboxylic acids is 2. The van der Waals surface area contributed by atoms with Gasteiger partial charge in [-0.1, -0.05) is 0 Å². The van der Waals surface area contributed by atoms with Gasteiger partial charge in [-0.3, -0.25) is 20.2 Å². The van der Waals surface area contributed by atoms with Crippen molar-refractivity contribution in [3.63, 3.8) is 0 Å². The molecule has 2 atom stereocenters. The molecule has 8 nitrogen and oxygen atoms in total. The van der Waals surface area contributed by atoms with Crippen molar-refractivity contribution in [3.05, 3.63) is 0 Å². The lowest BCUT2D eigenvalue weighted by Gasteiger charge is -2.22. The normalized spacial score (nSPS) is 13.7. The van der Waals surface area contributed by atoms with Gasteiger partial charge in [-0.2, -0.15) is 0 Å². The molecule has 20 heavy (non-hydrogen) atoms. The van der Waals surface area contributed by atoms with E-state index in [1.165, 1.54) is 0 Å². The van der Waals surface area contributed by atoms with Crippen molar-refractivity contribution in [1.82, 2.24) is 10.6 Å². The van der Waals surface area contributed by atoms with E-state index in [9.17, 15) is 19.2 Å². The summed E-state index contributed by atoms with van der Waals surface area (Å²) in [6.45, 7) is 1.66. The highest BCUT2D eigenvalue weighted by atomic mass is 16.4. The molecular formula is C12H20N2O6. The molecule has 0 spiro atoms. The van der Waals surface area contributed by atoms with Gasteiger partial charge in [-0.15, -0.1) is 0 Å². The second-order valence-electron chi connectivity index (χ2n) is 4.41. The van der Waals surface area contributed by atoms with Crippen molar-refractivity contribution in [1.29, 1.82) is 0 Å². The number of nitrogens with one attached hydrogen (secondary N) is 2. The summed E-state index contributed by atoms with van der Waals surface area (Å²) in [6.07, 6.45) is 0.793. The smallest absolute Gasteiger partial charge is 0.303 e. The highest BCUT2D eigenvalue weighted by Crippen LogP contribution is 1.99. The molecule has 0 fully saturated rings. The Hall–Kier alpha value is -1.80. The van der Waals surface area contributed by atoms with Crippen molar-refractivity contribution in [2.45, 2.75) is 50.9 Å². The van der Waals surface area contributed by atoms with Crippen LogP contribution in [0.5, 0.6) is 0 Å². The Kier molecular flexibility index (Phi) is 9.14. The Morgan fingerprint density at radius 3 is 1.55 bits per heavy atom. The molecule has 0 aromatic heterocycles. The van der Waals surface area contributed by atoms with Crippen LogP contribution in [0.25, 0.3) is 0 Å². The molecule has 0 aromatic carbocycles. The van der Waals surface area contributed by atoms with Crippen LogP contribution in [0.2, 0.25) is 0 Å². The maximum atomic E-state index is 10.8. The molecule has 0 aromatic rings. The van der Waals surface area contributed by atoms with Gasteiger partial charge < -0.3 is 19.8 Å². The third-order valence-electron chi connectivity index (χ3n) is 2.60. The molecule has 0 rings (SSSR count). The minimum atomic E-state index is -0.994. The van der Waals surface area contributed by atoms with Crippen LogP contribution >= 0.6 is 0 Å². The zero-order valence-electron chi connectivity index (χ0n) is 11.2. The van der Waals surface area contributed by atoms with E-state index in [1.807, 2.05) is 0 Å². The number of aldehydes is 2. The summed E-state index contributed by atoms with van der Waals surface area (Å²) < 4.78 is 0. The van der Waals surface area contributed by atoms with Crippen molar-refractivity contribution in [3.8, 4) is 0 Å². The maximum Gasteiger partial charge on any atom is 0.303 e. The fourth-order valence-corrected chi connectivity index (χ4v) is 1.63. The SMILES string of the molecule is CC(N[C@@H](C=O)CCC(=O)O)N[C@@H](C=O)CCC(=O)O. The summed E-state index contributed by atoms with van der Waals surface area (Å²) in [5.41, 5.74) is 0. The highest BCUT2D eigenvalue weighted by molar-refractivity contribution is 5.68. The van der Waals surface area contributed by atoms with Gasteiger partial charge >= 0.3 is 11.9 Å². The van der Waals surface area contributed by atoms with E-state index >= 15 is 0 Å². The van der Waals surface area contributed by atoms with E-state index in [0.717, 1.165) is 0 Å². The van der Waals surface area contributed by atoms with Gasteiger partial charge in [0.2, 0.25) is 0 Å². The zero-order valence-corrected chi connectivity index (χ0v) is 11.2. The maximum absolute atomic E-state index is 10.8. The number of carbonyl (C=O) groups is 4. The number of carbonyl (C=O) groups excluding carboxylic acids is 2. The van der Waals surface area contributed by atoms with Crippen molar-refractivity contribution >= 4 is 24.5 Å². The monoisotopic (exact) mass is 288 g/mol. The Labute approximate surface area is 116 Å². The fraction of sp³-hybridized carbons (Fsp3) is 0.667. The molecule has 0 aliphatic carbocycles. The number of hydrogen-bond acceptors (Lipinski definition) is 6. The molecule has 0 unspecified atom stereocenters. The average Bonchev–Trinajstić information content (AvgIpc) is 2.38. The molecule has 0 radical (unpaired) electrons. The molecule has 0 amide bonds. The molecule has 4 N–H and O–H groups in total. The fourth-order valence-electron chi connectivity index (χ4n) is 1.63. The van der Waals surface area contributed by atoms with Crippen LogP contribution < -0.4 is 10.6 Å². The van der Waals surface area contributed by atoms with Gasteiger partial charge in [0.15, 0.2) is 0 Å². The van der Waals surface area contributed by atoms with E-state index < -0.39 is 30.2 Å². The molecule has 0 aliphatic heterocycles. The molecule has 114 valence electrons. The van der Waals surface area contributed by atoms with Crippen LogP contribution in [0.3, 0.4) is 0 Å². The lowest BCUT2D eigenvalue weighted by molar-refractivity contribution is -0.138. The van der Waals surface area contributed by atoms with Crippen LogP contribution in [0.1, 0.15) is 32.6 Å². The van der Waals surface area contributed by atoms with Crippen LogP contribution in [-0.4, -0.2) is 53.0 Å². The van der Waals surface area contributed by atoms with Gasteiger partial charge in [0.05, 0.1) is 18.2 Å². The topological polar surface area (TPSA) is 133 Å². The standard InChI is InChI=1S/C12H20N2O6/c1-8(13-9(6-15)2-4-11(17)18)14-10(7-16)3-5-12(19)20/h6-10,13-14H,2-5H2,1H3,(H,17,18)(H,19,20)/t9-,10-/m1/s1. The molecule has 8 heteroatoms. The summed E-state index contributed by atoms with van der Waals surface area (Å²) in [7, 11) is 0. The largest absolute Gasteiger partial charge is 0.481 e. The Morgan fingerprint density at radius 2 is 1.30 bits per heavy atom. The molecule has 0 heterocycles. The van der Waals surface area contributed by atoms with Crippen molar-refractivity contribution in [2.24, 2.45) is 0 Å². The average molecular weight is 288 g/mol. The summed E-state index contributed by atoms with van der Waals surface area (Å²) in [6, 6.07) is -1.28. The van der Waals surface area contributed by atoms with E-state index in [0.29, 0.717) is 12.6 Å². The number of rotatable bonds is 12. The first-order valence-electron chi connectivity index (χ1n) is 6.25. The predicted octanol–water partition coefficient (Wildman–Crippen LogP) is -0.624. The van der Waals surface area contributed by atoms with Crippen LogP contribution in [0.4, 0.5) is 0 Å². The zero-order chi connectivity index (χ0) is 15.5. The summed E-state index contributed by atoms with van der Waals surface area (Å²) in [4.78, 5) is 42.4. The second-order valence-corrected chi connectivity index (χ2v) is 4.41. The molecule has 0 saturated carbocycles. The Balaban J connectivity index is 4.17. The van der Waals surface area contributed by atoms with Crippen LogP contribution in [0.15, 0.2) is 0 Å². The minimum Gasteiger partial charge on any atom is -0.481 e. The number of aliphatic carboxylic acids is 2. The first-order chi connectivity index (χ1) is 9.38. The minimum absolute atomic E-state index is 0.140. The van der Waals surface area contributed by atoms with Crippen LogP contribution in [0, 0.1) is 0 Å². The summed E-state index contributed by atoms with van der Waals surface area (Å²) in [5, 5.41) is 22.7. The molecule has 0 saturated heterocycles. The first-order valence-corrected chi connectivity index (χ1v) is 6.25. The van der Waals surface area contributed by atoms with Crippen LogP contribution in [-0.2, 0) is 19.2 Å². The lowest BCUT2D eigenvalue weighted by atomic mass is 10.1. The van der Waals surface area contributed by atoms with Crippen molar-refractivity contribution < 1.29 is 29.4 Å². The van der Waals surface area contributed by atoms with Gasteiger partial charge in [0, 0.05) is 12.8 Å². The lowest BCUT2D eigenvalue weighted by Crippen LogP contribution is -2.50. The van der Waals surface area contributed by atoms with Gasteiger partial charge in [-0.05, 0) is 19.8 Å². The van der Waals surface area contributed by atoms with E-state index in [2.05, 4.69) is 10.6 Å². The number of carboxylic acid groups (broad SMARTS) is 2. The molecular weight excluding hydrogens is 268 g/mol. The first kappa shape index (κ1) is 18.2. The van der Waals surface area contributed by atoms with E-state index in [4.69, 9.17) is 10.2 Å². The van der Waals surface area contributed by atoms with Gasteiger partial charge in [-0.25, -0.2) is 0 Å². The quantitative estimate of drug-likeness (QED) is 0.276.